The lowest BCUT2D eigenvalue weighted by atomic mass is 10.1. The van der Waals surface area contributed by atoms with Gasteiger partial charge in [0.15, 0.2) is 0 Å². The summed E-state index contributed by atoms with van der Waals surface area (Å²) >= 11 is 0. The molecule has 0 saturated heterocycles. The molecule has 1 amide bonds. The number of carbonyl (C=O) groups is 1. The largest absolute Gasteiger partial charge is 0.495 e. The van der Waals surface area contributed by atoms with Crippen LogP contribution in [0.2, 0.25) is 0 Å². The zero-order chi connectivity index (χ0) is 9.68. The third-order valence-corrected chi connectivity index (χ3v) is 1.67. The molecule has 13 heavy (non-hydrogen) atoms. The number of amides is 1. The summed E-state index contributed by atoms with van der Waals surface area (Å²) in [5.74, 6) is 0.393. The van der Waals surface area contributed by atoms with E-state index in [4.69, 9.17) is 10.5 Å². The van der Waals surface area contributed by atoms with Gasteiger partial charge < -0.3 is 10.5 Å². The van der Waals surface area contributed by atoms with Crippen LogP contribution in [0.4, 0.5) is 0 Å². The topological polar surface area (TPSA) is 65.2 Å². The number of rotatable bonds is 4. The number of nitrogens with two attached hydrogens (primary N) is 1. The molecule has 0 atom stereocenters. The van der Waals surface area contributed by atoms with Crippen molar-refractivity contribution in [1.82, 2.24) is 4.98 Å². The fourth-order valence-corrected chi connectivity index (χ4v) is 0.980. The lowest BCUT2D eigenvalue weighted by Crippen LogP contribution is -2.11. The molecule has 0 aliphatic carbocycles. The summed E-state index contributed by atoms with van der Waals surface area (Å²) in [6, 6.07) is 1.84. The quantitative estimate of drug-likeness (QED) is 0.734. The van der Waals surface area contributed by atoms with E-state index in [1.165, 1.54) is 0 Å². The normalized spacial score (nSPS) is 9.62. The van der Waals surface area contributed by atoms with Crippen LogP contribution in [0.5, 0.6) is 5.75 Å². The molecule has 1 heterocycles. The van der Waals surface area contributed by atoms with E-state index in [2.05, 4.69) is 4.98 Å². The zero-order valence-electron chi connectivity index (χ0n) is 7.49. The van der Waals surface area contributed by atoms with Crippen molar-refractivity contribution in [3.63, 3.8) is 0 Å². The first kappa shape index (κ1) is 9.51. The van der Waals surface area contributed by atoms with Gasteiger partial charge in [0.25, 0.3) is 0 Å². The second-order valence-electron chi connectivity index (χ2n) is 2.70. The van der Waals surface area contributed by atoms with Crippen molar-refractivity contribution in [3.8, 4) is 5.75 Å². The Bertz CT molecular complexity index is 299. The van der Waals surface area contributed by atoms with Crippen molar-refractivity contribution < 1.29 is 9.53 Å². The molecule has 4 nitrogen and oxygen atoms in total. The summed E-state index contributed by atoms with van der Waals surface area (Å²) in [4.78, 5) is 14.5. The summed E-state index contributed by atoms with van der Waals surface area (Å²) < 4.78 is 4.98. The third-order valence-electron chi connectivity index (χ3n) is 1.67. The number of nitrogens with zero attached hydrogens (tertiary/aromatic N) is 1. The molecular weight excluding hydrogens is 168 g/mol. The summed E-state index contributed by atoms with van der Waals surface area (Å²) in [5, 5.41) is 0. The van der Waals surface area contributed by atoms with Crippen LogP contribution in [0.1, 0.15) is 12.0 Å². The number of hydrogen-bond donors (Lipinski definition) is 1. The van der Waals surface area contributed by atoms with Crippen molar-refractivity contribution in [3.05, 3.63) is 24.0 Å². The molecule has 0 spiro atoms. The Labute approximate surface area is 76.7 Å². The molecule has 1 aromatic heterocycles. The van der Waals surface area contributed by atoms with Gasteiger partial charge >= 0.3 is 0 Å². The molecule has 70 valence electrons. The number of pyridine rings is 1. The van der Waals surface area contributed by atoms with Crippen LogP contribution in [0, 0.1) is 0 Å². The van der Waals surface area contributed by atoms with Crippen LogP contribution in [-0.2, 0) is 11.2 Å². The maximum Gasteiger partial charge on any atom is 0.217 e. The van der Waals surface area contributed by atoms with E-state index < -0.39 is 0 Å². The van der Waals surface area contributed by atoms with Crippen LogP contribution in [-0.4, -0.2) is 18.0 Å². The average molecular weight is 180 g/mol. The lowest BCUT2D eigenvalue weighted by Gasteiger charge is -2.01. The monoisotopic (exact) mass is 180 g/mol. The molecule has 4 heteroatoms. The van der Waals surface area contributed by atoms with E-state index in [0.29, 0.717) is 18.6 Å². The highest BCUT2D eigenvalue weighted by Crippen LogP contribution is 2.11. The fraction of sp³-hybridized carbons (Fsp3) is 0.333. The number of carbonyl (C=O) groups excluding carboxylic acids is 1. The Hall–Kier alpha value is -1.58. The Morgan fingerprint density at radius 3 is 3.00 bits per heavy atom. The summed E-state index contributed by atoms with van der Waals surface area (Å²) in [6.07, 6.45) is 4.27. The summed E-state index contributed by atoms with van der Waals surface area (Å²) in [5.41, 5.74) is 5.98. The van der Waals surface area contributed by atoms with E-state index in [1.54, 1.807) is 19.5 Å². The highest BCUT2D eigenvalue weighted by atomic mass is 16.5. The van der Waals surface area contributed by atoms with Gasteiger partial charge in [0.1, 0.15) is 5.75 Å². The maximum absolute atomic E-state index is 10.5. The molecule has 1 rings (SSSR count). The summed E-state index contributed by atoms with van der Waals surface area (Å²) in [6.45, 7) is 0. The maximum atomic E-state index is 10.5. The van der Waals surface area contributed by atoms with E-state index >= 15 is 0 Å². The van der Waals surface area contributed by atoms with Crippen LogP contribution < -0.4 is 10.5 Å². The summed E-state index contributed by atoms with van der Waals surface area (Å²) in [7, 11) is 1.58. The predicted octanol–water partition coefficient (Wildman–Crippen LogP) is 0.508. The molecule has 2 N–H and O–H groups in total. The van der Waals surface area contributed by atoms with Gasteiger partial charge in [-0.1, -0.05) is 0 Å². The average Bonchev–Trinajstić information content (AvgIpc) is 2.15. The van der Waals surface area contributed by atoms with Crippen molar-refractivity contribution in [1.29, 1.82) is 0 Å². The molecule has 1 aromatic rings. The van der Waals surface area contributed by atoms with Crippen molar-refractivity contribution in [2.24, 2.45) is 5.73 Å². The number of methoxy groups -OCH3 is 1. The van der Waals surface area contributed by atoms with Gasteiger partial charge in [-0.3, -0.25) is 9.78 Å². The number of ether oxygens (including phenoxy) is 1. The van der Waals surface area contributed by atoms with Gasteiger partial charge in [-0.2, -0.15) is 0 Å². The number of primary amides is 1. The van der Waals surface area contributed by atoms with Gasteiger partial charge in [0, 0.05) is 12.6 Å². The Morgan fingerprint density at radius 1 is 1.62 bits per heavy atom. The molecule has 0 aliphatic heterocycles. The molecule has 0 unspecified atom stereocenters. The van der Waals surface area contributed by atoms with E-state index in [0.717, 1.165) is 5.56 Å². The number of aromatic nitrogens is 1. The second-order valence-corrected chi connectivity index (χ2v) is 2.70. The minimum Gasteiger partial charge on any atom is -0.495 e. The molecule has 0 saturated carbocycles. The lowest BCUT2D eigenvalue weighted by molar-refractivity contribution is -0.117. The van der Waals surface area contributed by atoms with Crippen LogP contribution in [0.15, 0.2) is 18.5 Å². The third kappa shape index (κ3) is 3.11. The van der Waals surface area contributed by atoms with Gasteiger partial charge in [-0.05, 0) is 18.1 Å². The van der Waals surface area contributed by atoms with Crippen LogP contribution >= 0.6 is 0 Å². The van der Waals surface area contributed by atoms with Crippen molar-refractivity contribution >= 4 is 5.91 Å². The Morgan fingerprint density at radius 2 is 2.38 bits per heavy atom. The van der Waals surface area contributed by atoms with E-state index in [9.17, 15) is 4.79 Å². The van der Waals surface area contributed by atoms with Gasteiger partial charge in [0.05, 0.1) is 13.3 Å². The molecule has 0 aliphatic rings. The minimum absolute atomic E-state index is 0.303. The first-order chi connectivity index (χ1) is 6.22. The molecule has 0 bridgehead atoms. The standard InChI is InChI=1S/C9H12N2O2/c1-13-8-4-7(5-11-6-8)2-3-9(10)12/h4-6H,2-3H2,1H3,(H2,10,12). The molecule has 0 radical (unpaired) electrons. The minimum atomic E-state index is -0.303. The van der Waals surface area contributed by atoms with Crippen molar-refractivity contribution in [2.45, 2.75) is 12.8 Å². The second kappa shape index (κ2) is 4.45. The van der Waals surface area contributed by atoms with Crippen molar-refractivity contribution in [2.75, 3.05) is 7.11 Å². The van der Waals surface area contributed by atoms with Gasteiger partial charge in [-0.15, -0.1) is 0 Å². The first-order valence-electron chi connectivity index (χ1n) is 3.98. The van der Waals surface area contributed by atoms with Gasteiger partial charge in [0.2, 0.25) is 5.91 Å². The molecule has 0 fully saturated rings. The molecule has 0 aromatic carbocycles. The van der Waals surface area contributed by atoms with Crippen LogP contribution in [0.25, 0.3) is 0 Å². The number of aryl methyl sites for hydroxylation is 1. The Balaban J connectivity index is 2.61. The fourth-order valence-electron chi connectivity index (χ4n) is 0.980. The Kier molecular flexibility index (Phi) is 3.25. The first-order valence-corrected chi connectivity index (χ1v) is 3.98. The SMILES string of the molecule is COc1cncc(CCC(N)=O)c1. The van der Waals surface area contributed by atoms with E-state index in [-0.39, 0.29) is 5.91 Å². The van der Waals surface area contributed by atoms with Gasteiger partial charge in [-0.25, -0.2) is 0 Å². The predicted molar refractivity (Wildman–Crippen MR) is 48.3 cm³/mol. The highest BCUT2D eigenvalue weighted by Gasteiger charge is 1.99. The number of hydrogen-bond acceptors (Lipinski definition) is 3. The smallest absolute Gasteiger partial charge is 0.217 e. The molecular formula is C9H12N2O2. The van der Waals surface area contributed by atoms with E-state index in [1.807, 2.05) is 6.07 Å². The zero-order valence-corrected chi connectivity index (χ0v) is 7.49. The van der Waals surface area contributed by atoms with Crippen LogP contribution in [0.3, 0.4) is 0 Å². The highest BCUT2D eigenvalue weighted by molar-refractivity contribution is 5.73.